The summed E-state index contributed by atoms with van der Waals surface area (Å²) in [4.78, 5) is 13.3. The highest BCUT2D eigenvalue weighted by atomic mass is 32.2. The molecule has 1 unspecified atom stereocenters. The fraction of sp³-hybridized carbons (Fsp3) is 0.417. The summed E-state index contributed by atoms with van der Waals surface area (Å²) < 4.78 is 22.5. The second-order valence-corrected chi connectivity index (χ2v) is 6.55. The summed E-state index contributed by atoms with van der Waals surface area (Å²) in [5.74, 6) is -0.179. The topological polar surface area (TPSA) is 106 Å². The van der Waals surface area contributed by atoms with E-state index < -0.39 is 15.3 Å². The Morgan fingerprint density at radius 2 is 1.79 bits per heavy atom. The highest BCUT2D eigenvalue weighted by Gasteiger charge is 2.36. The Labute approximate surface area is 112 Å². The molecule has 1 aromatic rings. The number of carbonyl (C=O) groups excluding carboxylic acids is 1. The number of nitrogens with two attached hydrogens (primary N) is 2. The molecule has 2 rings (SSSR count). The molecule has 6 nitrogen and oxygen atoms in total. The molecule has 1 saturated heterocycles. The van der Waals surface area contributed by atoms with E-state index in [1.165, 1.54) is 4.90 Å². The molecule has 1 aliphatic rings. The zero-order valence-electron chi connectivity index (χ0n) is 10.5. The van der Waals surface area contributed by atoms with Crippen LogP contribution in [0, 0.1) is 0 Å². The largest absolute Gasteiger partial charge is 0.337 e. The highest BCUT2D eigenvalue weighted by Crippen LogP contribution is 2.19. The maximum absolute atomic E-state index is 11.7. The number of benzene rings is 1. The number of carbonyl (C=O) groups is 1. The molecule has 1 atom stereocenters. The van der Waals surface area contributed by atoms with E-state index in [9.17, 15) is 13.2 Å². The van der Waals surface area contributed by atoms with Gasteiger partial charge in [0.1, 0.15) is 5.25 Å². The normalized spacial score (nSPS) is 20.0. The lowest BCUT2D eigenvalue weighted by atomic mass is 10.1. The van der Waals surface area contributed by atoms with Crippen molar-refractivity contribution in [2.45, 2.75) is 24.8 Å². The zero-order chi connectivity index (χ0) is 14.0. The van der Waals surface area contributed by atoms with E-state index in [2.05, 4.69) is 0 Å². The summed E-state index contributed by atoms with van der Waals surface area (Å²) in [5, 5.41) is 4.29. The van der Waals surface area contributed by atoms with E-state index in [0.29, 0.717) is 13.1 Å². The van der Waals surface area contributed by atoms with Gasteiger partial charge in [0.2, 0.25) is 15.9 Å². The van der Waals surface area contributed by atoms with Gasteiger partial charge in [-0.1, -0.05) is 24.3 Å². The molecule has 19 heavy (non-hydrogen) atoms. The third kappa shape index (κ3) is 3.31. The molecule has 0 bridgehead atoms. The fourth-order valence-corrected chi connectivity index (χ4v) is 2.87. The van der Waals surface area contributed by atoms with Crippen LogP contribution in [-0.2, 0) is 27.9 Å². The second-order valence-electron chi connectivity index (χ2n) is 4.71. The van der Waals surface area contributed by atoms with Gasteiger partial charge in [0.15, 0.2) is 0 Å². The fourth-order valence-electron chi connectivity index (χ4n) is 2.11. The Morgan fingerprint density at radius 3 is 2.26 bits per heavy atom. The van der Waals surface area contributed by atoms with Gasteiger partial charge in [-0.15, -0.1) is 0 Å². The minimum atomic E-state index is -3.65. The third-order valence-corrected chi connectivity index (χ3v) is 4.52. The summed E-state index contributed by atoms with van der Waals surface area (Å²) >= 11 is 0. The second kappa shape index (κ2) is 5.28. The molecule has 0 saturated carbocycles. The molecule has 7 heteroatoms. The molecular weight excluding hydrogens is 266 g/mol. The maximum atomic E-state index is 11.7. The molecule has 1 fully saturated rings. The van der Waals surface area contributed by atoms with Crippen LogP contribution in [0.25, 0.3) is 0 Å². The number of primary sulfonamides is 1. The van der Waals surface area contributed by atoms with Crippen molar-refractivity contribution in [3.05, 3.63) is 35.4 Å². The van der Waals surface area contributed by atoms with Gasteiger partial charge in [-0.3, -0.25) is 4.79 Å². The van der Waals surface area contributed by atoms with Crippen LogP contribution in [0.4, 0.5) is 0 Å². The number of amides is 1. The molecule has 1 heterocycles. The number of hydrogen-bond donors (Lipinski definition) is 2. The van der Waals surface area contributed by atoms with Crippen molar-refractivity contribution < 1.29 is 13.2 Å². The van der Waals surface area contributed by atoms with Gasteiger partial charge in [0.05, 0.1) is 0 Å². The Morgan fingerprint density at radius 1 is 1.21 bits per heavy atom. The molecule has 0 aliphatic carbocycles. The van der Waals surface area contributed by atoms with Gasteiger partial charge >= 0.3 is 0 Å². The number of rotatable bonds is 4. The first-order valence-electron chi connectivity index (χ1n) is 5.97. The minimum Gasteiger partial charge on any atom is -0.337 e. The molecule has 0 radical (unpaired) electrons. The van der Waals surface area contributed by atoms with E-state index in [0.717, 1.165) is 11.1 Å². The van der Waals surface area contributed by atoms with Crippen molar-refractivity contribution in [3.63, 3.8) is 0 Å². The number of nitrogens with zero attached hydrogens (tertiary/aromatic N) is 1. The van der Waals surface area contributed by atoms with E-state index in [1.807, 2.05) is 24.3 Å². The van der Waals surface area contributed by atoms with Crippen LogP contribution in [0.3, 0.4) is 0 Å². The summed E-state index contributed by atoms with van der Waals surface area (Å²) in [6.45, 7) is 1.03. The number of sulfonamides is 1. The van der Waals surface area contributed by atoms with Gasteiger partial charge in [-0.05, 0) is 11.1 Å². The zero-order valence-corrected chi connectivity index (χ0v) is 11.3. The van der Waals surface area contributed by atoms with Gasteiger partial charge in [0.25, 0.3) is 0 Å². The van der Waals surface area contributed by atoms with Gasteiger partial charge < -0.3 is 10.6 Å². The van der Waals surface area contributed by atoms with E-state index in [1.54, 1.807) is 0 Å². The van der Waals surface area contributed by atoms with Gasteiger partial charge in [-0.2, -0.15) is 0 Å². The van der Waals surface area contributed by atoms with Crippen molar-refractivity contribution in [3.8, 4) is 0 Å². The lowest BCUT2D eigenvalue weighted by Gasteiger charge is -2.16. The lowest BCUT2D eigenvalue weighted by molar-refractivity contribution is -0.128. The lowest BCUT2D eigenvalue weighted by Crippen LogP contribution is -2.31. The monoisotopic (exact) mass is 283 g/mol. The first-order valence-corrected chi connectivity index (χ1v) is 7.58. The molecule has 4 N–H and O–H groups in total. The molecular formula is C12H17N3O3S. The summed E-state index contributed by atoms with van der Waals surface area (Å²) in [5.41, 5.74) is 7.46. The van der Waals surface area contributed by atoms with Crippen molar-refractivity contribution in [2.24, 2.45) is 10.9 Å². The molecule has 1 aliphatic heterocycles. The predicted octanol–water partition coefficient (Wildman–Crippen LogP) is -0.465. The molecule has 1 amide bonds. The molecule has 1 aromatic carbocycles. The van der Waals surface area contributed by atoms with Crippen molar-refractivity contribution >= 4 is 15.9 Å². The summed E-state index contributed by atoms with van der Waals surface area (Å²) in [6.07, 6.45) is -0.0281. The van der Waals surface area contributed by atoms with E-state index in [-0.39, 0.29) is 18.9 Å². The summed E-state index contributed by atoms with van der Waals surface area (Å²) in [7, 11) is -3.65. The van der Waals surface area contributed by atoms with Crippen LogP contribution in [0.15, 0.2) is 24.3 Å². The van der Waals surface area contributed by atoms with Crippen LogP contribution in [0.1, 0.15) is 17.5 Å². The minimum absolute atomic E-state index is 0.0281. The standard InChI is InChI=1S/C12H17N3O3S/c13-6-9-1-3-10(4-2-9)7-15-8-11(5-12(15)16)19(14,17)18/h1-4,11H,5-8,13H2,(H2,14,17,18). The Bertz CT molecular complexity index is 568. The van der Waals surface area contributed by atoms with Gasteiger partial charge in [-0.25, -0.2) is 13.6 Å². The van der Waals surface area contributed by atoms with Crippen LogP contribution in [0.2, 0.25) is 0 Å². The van der Waals surface area contributed by atoms with Crippen molar-refractivity contribution in [1.82, 2.24) is 4.90 Å². The van der Waals surface area contributed by atoms with Crippen molar-refractivity contribution in [2.75, 3.05) is 6.54 Å². The highest BCUT2D eigenvalue weighted by molar-refractivity contribution is 7.89. The van der Waals surface area contributed by atoms with Crippen LogP contribution in [0.5, 0.6) is 0 Å². The third-order valence-electron chi connectivity index (χ3n) is 3.28. The van der Waals surface area contributed by atoms with Gasteiger partial charge in [0, 0.05) is 26.1 Å². The maximum Gasteiger partial charge on any atom is 0.224 e. The average Bonchev–Trinajstić information content (AvgIpc) is 2.72. The SMILES string of the molecule is NCc1ccc(CN2CC(S(N)(=O)=O)CC2=O)cc1. The number of likely N-dealkylation sites (tertiary alicyclic amines) is 1. The quantitative estimate of drug-likeness (QED) is 0.779. The van der Waals surface area contributed by atoms with E-state index >= 15 is 0 Å². The smallest absolute Gasteiger partial charge is 0.224 e. The Balaban J connectivity index is 2.05. The van der Waals surface area contributed by atoms with Crippen LogP contribution < -0.4 is 10.9 Å². The average molecular weight is 283 g/mol. The molecule has 0 aromatic heterocycles. The summed E-state index contributed by atoms with van der Waals surface area (Å²) in [6, 6.07) is 7.57. The van der Waals surface area contributed by atoms with E-state index in [4.69, 9.17) is 10.9 Å². The van der Waals surface area contributed by atoms with Crippen LogP contribution in [-0.4, -0.2) is 31.0 Å². The first-order chi connectivity index (χ1) is 8.90. The Hall–Kier alpha value is -1.44. The predicted molar refractivity (Wildman–Crippen MR) is 71.3 cm³/mol. The van der Waals surface area contributed by atoms with Crippen molar-refractivity contribution in [1.29, 1.82) is 0 Å². The number of hydrogen-bond acceptors (Lipinski definition) is 4. The molecule has 104 valence electrons. The first kappa shape index (κ1) is 14.0. The molecule has 0 spiro atoms. The Kier molecular flexibility index (Phi) is 3.88. The van der Waals surface area contributed by atoms with Crippen LogP contribution >= 0.6 is 0 Å².